The number of pyridine rings is 3. The molecule has 0 unspecified atom stereocenters. The predicted octanol–water partition coefficient (Wildman–Crippen LogP) is 5.76. The van der Waals surface area contributed by atoms with Crippen molar-refractivity contribution in [1.82, 2.24) is 19.4 Å². The molecule has 5 heterocycles. The van der Waals surface area contributed by atoms with Crippen molar-refractivity contribution in [2.24, 2.45) is 5.16 Å². The molecule has 49 heavy (non-hydrogen) atoms. The van der Waals surface area contributed by atoms with Gasteiger partial charge in [-0.1, -0.05) is 35.5 Å². The summed E-state index contributed by atoms with van der Waals surface area (Å²) in [5, 5.41) is 38.8. The molecule has 7 rings (SSSR count). The highest BCUT2D eigenvalue weighted by molar-refractivity contribution is 5.92. The van der Waals surface area contributed by atoms with E-state index >= 15 is 0 Å². The summed E-state index contributed by atoms with van der Waals surface area (Å²) >= 11 is 0. The zero-order chi connectivity index (χ0) is 34.1. The third-order valence-electron chi connectivity index (χ3n) is 9.20. The molecule has 0 radical (unpaired) electrons. The molecule has 0 amide bonds. The smallest absolute Gasteiger partial charge is 0.183 e. The van der Waals surface area contributed by atoms with Crippen molar-refractivity contribution in [3.63, 3.8) is 0 Å². The van der Waals surface area contributed by atoms with Gasteiger partial charge in [-0.3, -0.25) is 9.88 Å². The average Bonchev–Trinajstić information content (AvgIpc) is 3.73. The molecule has 3 N–H and O–H groups in total. The Morgan fingerprint density at radius 2 is 1.88 bits per heavy atom. The molecule has 0 bridgehead atoms. The van der Waals surface area contributed by atoms with Crippen LogP contribution < -0.4 is 10.8 Å². The van der Waals surface area contributed by atoms with Gasteiger partial charge in [-0.2, -0.15) is 5.26 Å². The molecule has 4 aromatic heterocycles. The monoisotopic (exact) mass is 655 g/mol. The van der Waals surface area contributed by atoms with Gasteiger partial charge in [-0.05, 0) is 72.4 Å². The number of aliphatic hydroxyl groups is 2. The van der Waals surface area contributed by atoms with Gasteiger partial charge in [-0.15, -0.1) is 0 Å². The number of nitriles is 1. The lowest BCUT2D eigenvalue weighted by Gasteiger charge is -2.17. The van der Waals surface area contributed by atoms with Crippen LogP contribution in [0.4, 0.5) is 11.5 Å². The number of aromatic nitrogens is 3. The van der Waals surface area contributed by atoms with Crippen LogP contribution in [0.5, 0.6) is 0 Å². The minimum atomic E-state index is -0.252. The summed E-state index contributed by atoms with van der Waals surface area (Å²) in [5.74, 6) is 1.27. The molecular weight excluding hydrogens is 618 g/mol. The highest BCUT2D eigenvalue weighted by Gasteiger charge is 2.21. The molecule has 0 aliphatic carbocycles. The van der Waals surface area contributed by atoms with Crippen LogP contribution in [0.1, 0.15) is 28.7 Å². The van der Waals surface area contributed by atoms with E-state index in [9.17, 15) is 15.5 Å². The maximum atomic E-state index is 9.91. The first-order chi connectivity index (χ1) is 23.9. The first-order valence-electron chi connectivity index (χ1n) is 16.2. The van der Waals surface area contributed by atoms with E-state index in [1.165, 1.54) is 7.11 Å². The number of β-amino-alcohol motifs (C(OH)–C–C–N with tert-alkyl or cyclic N) is 1. The van der Waals surface area contributed by atoms with Gasteiger partial charge in [0.05, 0.1) is 18.1 Å². The molecule has 1 aliphatic heterocycles. The molecule has 11 nitrogen and oxygen atoms in total. The number of hydrogen-bond donors (Lipinski definition) is 3. The van der Waals surface area contributed by atoms with Gasteiger partial charge >= 0.3 is 0 Å². The van der Waals surface area contributed by atoms with Gasteiger partial charge in [0.25, 0.3) is 0 Å². The Kier molecular flexibility index (Phi) is 8.84. The Balaban J connectivity index is 1.23. The van der Waals surface area contributed by atoms with E-state index in [4.69, 9.17) is 14.2 Å². The van der Waals surface area contributed by atoms with E-state index in [1.807, 2.05) is 42.6 Å². The SMILES string of the molecule is CO/N=c1/c2cc(-c3cccc(-c4cccc(Nc5nccc6cc(CN7CC[C@@H](O)C7)cnc56)c4C)c3C)oc2c(C#N)cn1CCO. The Morgan fingerprint density at radius 3 is 2.63 bits per heavy atom. The second-order valence-corrected chi connectivity index (χ2v) is 12.4. The topological polar surface area (TPSA) is 145 Å². The molecule has 2 aromatic carbocycles. The maximum absolute atomic E-state index is 9.91. The number of furan rings is 1. The van der Waals surface area contributed by atoms with Crippen molar-refractivity contribution in [3.8, 4) is 28.5 Å². The number of fused-ring (bicyclic) bond motifs is 2. The first-order valence-corrected chi connectivity index (χ1v) is 16.2. The number of benzene rings is 2. The fourth-order valence-corrected chi connectivity index (χ4v) is 6.75. The molecule has 0 saturated carbocycles. The third kappa shape index (κ3) is 6.13. The van der Waals surface area contributed by atoms with Crippen LogP contribution in [0.3, 0.4) is 0 Å². The van der Waals surface area contributed by atoms with Crippen LogP contribution >= 0.6 is 0 Å². The molecule has 1 saturated heterocycles. The number of aliphatic hydroxyl groups excluding tert-OH is 2. The van der Waals surface area contributed by atoms with Crippen molar-refractivity contribution in [3.05, 3.63) is 101 Å². The Labute approximate surface area is 283 Å². The van der Waals surface area contributed by atoms with Crippen LogP contribution in [-0.4, -0.2) is 62.6 Å². The highest BCUT2D eigenvalue weighted by Crippen LogP contribution is 2.38. The Morgan fingerprint density at radius 1 is 1.08 bits per heavy atom. The molecule has 6 aromatic rings. The minimum absolute atomic E-state index is 0.119. The molecule has 1 aliphatic rings. The fourth-order valence-electron chi connectivity index (χ4n) is 6.75. The lowest BCUT2D eigenvalue weighted by Crippen LogP contribution is -2.23. The van der Waals surface area contributed by atoms with Crippen LogP contribution in [0.2, 0.25) is 0 Å². The van der Waals surface area contributed by atoms with E-state index < -0.39 is 0 Å². The lowest BCUT2D eigenvalue weighted by molar-refractivity contribution is 0.175. The van der Waals surface area contributed by atoms with Gasteiger partial charge in [0.2, 0.25) is 0 Å². The van der Waals surface area contributed by atoms with Crippen LogP contribution in [0, 0.1) is 25.2 Å². The molecule has 11 heteroatoms. The van der Waals surface area contributed by atoms with Gasteiger partial charge in [0.15, 0.2) is 16.9 Å². The second-order valence-electron chi connectivity index (χ2n) is 12.4. The molecular formula is C38H37N7O4. The number of likely N-dealkylation sites (tertiary alicyclic amines) is 1. The number of hydrogen-bond acceptors (Lipinski definition) is 10. The standard InChI is InChI=1S/C38H37N7O4/c1-23-29(6-4-8-31(23)34-17-32-36(49-34)27(18-39)21-45(14-15-46)38(32)43-48-3)30-7-5-9-33(24(30)2)42-37-35-26(10-12-40-37)16-25(19-41-35)20-44-13-11-28(47)22-44/h4-10,12,16-17,19,21,28,46-47H,11,13-15,20,22H2,1-3H3,(H,40,42)/b43-38-/t28-/m1/s1. The molecule has 248 valence electrons. The van der Waals surface area contributed by atoms with E-state index in [0.29, 0.717) is 40.1 Å². The first kappa shape index (κ1) is 32.0. The van der Waals surface area contributed by atoms with Crippen molar-refractivity contribution < 1.29 is 19.5 Å². The van der Waals surface area contributed by atoms with Crippen molar-refractivity contribution in [2.45, 2.75) is 39.5 Å². The fraction of sp³-hybridized carbons (Fsp3) is 0.263. The normalized spacial score (nSPS) is 15.3. The second kappa shape index (κ2) is 13.5. The predicted molar refractivity (Wildman–Crippen MR) is 188 cm³/mol. The zero-order valence-corrected chi connectivity index (χ0v) is 27.6. The average molecular weight is 656 g/mol. The highest BCUT2D eigenvalue weighted by atomic mass is 16.6. The number of rotatable bonds is 9. The summed E-state index contributed by atoms with van der Waals surface area (Å²) in [7, 11) is 1.46. The summed E-state index contributed by atoms with van der Waals surface area (Å²) in [6.07, 6.45) is 5.87. The Bertz CT molecular complexity index is 2300. The van der Waals surface area contributed by atoms with E-state index in [-0.39, 0.29) is 19.3 Å². The maximum Gasteiger partial charge on any atom is 0.183 e. The summed E-state index contributed by atoms with van der Waals surface area (Å²) in [5.41, 5.74) is 9.06. The van der Waals surface area contributed by atoms with Gasteiger partial charge in [-0.25, -0.2) is 4.98 Å². The number of nitrogens with zero attached hydrogens (tertiary/aromatic N) is 6. The van der Waals surface area contributed by atoms with Gasteiger partial charge in [0, 0.05) is 61.4 Å². The van der Waals surface area contributed by atoms with Crippen molar-refractivity contribution >= 4 is 33.4 Å². The summed E-state index contributed by atoms with van der Waals surface area (Å²) in [6, 6.07) is 20.5. The van der Waals surface area contributed by atoms with Crippen LogP contribution in [0.25, 0.3) is 44.3 Å². The van der Waals surface area contributed by atoms with E-state index in [0.717, 1.165) is 69.5 Å². The minimum Gasteiger partial charge on any atom is -0.454 e. The molecule has 0 spiro atoms. The lowest BCUT2D eigenvalue weighted by atomic mass is 9.92. The zero-order valence-electron chi connectivity index (χ0n) is 27.6. The van der Waals surface area contributed by atoms with Crippen molar-refractivity contribution in [1.29, 1.82) is 5.26 Å². The Hall–Kier alpha value is -5.54. The third-order valence-corrected chi connectivity index (χ3v) is 9.20. The van der Waals surface area contributed by atoms with Crippen LogP contribution in [-0.2, 0) is 17.9 Å². The summed E-state index contributed by atoms with van der Waals surface area (Å²) in [6.45, 7) is 6.61. The van der Waals surface area contributed by atoms with Crippen molar-refractivity contribution in [2.75, 3.05) is 32.1 Å². The summed E-state index contributed by atoms with van der Waals surface area (Å²) < 4.78 is 8.03. The molecule has 1 atom stereocenters. The van der Waals surface area contributed by atoms with Gasteiger partial charge in [0.1, 0.15) is 30.0 Å². The van der Waals surface area contributed by atoms with Gasteiger partial charge < -0.3 is 29.4 Å². The number of nitrogens with one attached hydrogen (secondary N) is 1. The molecule has 1 fully saturated rings. The largest absolute Gasteiger partial charge is 0.454 e. The van der Waals surface area contributed by atoms with E-state index in [2.05, 4.69) is 58.5 Å². The van der Waals surface area contributed by atoms with Crippen LogP contribution in [0.15, 0.2) is 82.8 Å². The quantitative estimate of drug-likeness (QED) is 0.166. The van der Waals surface area contributed by atoms with E-state index in [1.54, 1.807) is 17.0 Å². The summed E-state index contributed by atoms with van der Waals surface area (Å²) in [4.78, 5) is 16.8. The number of anilines is 2.